The van der Waals surface area contributed by atoms with Crippen LogP contribution in [-0.4, -0.2) is 31.5 Å². The maximum atomic E-state index is 11.5. The minimum atomic E-state index is -0.828. The molecule has 1 aromatic rings. The molecule has 2 unspecified atom stereocenters. The highest BCUT2D eigenvalue weighted by Crippen LogP contribution is 2.44. The van der Waals surface area contributed by atoms with Crippen molar-refractivity contribution in [3.05, 3.63) is 22.2 Å². The zero-order valence-electron chi connectivity index (χ0n) is 15.1. The number of carbonyl (C=O) groups excluding carboxylic acids is 1. The first-order chi connectivity index (χ1) is 11.5. The summed E-state index contributed by atoms with van der Waals surface area (Å²) in [6.07, 6.45) is -1.92. The van der Waals surface area contributed by atoms with Gasteiger partial charge in [0, 0.05) is 20.9 Å². The average Bonchev–Trinajstić information content (AvgIpc) is 2.76. The van der Waals surface area contributed by atoms with Crippen LogP contribution in [0.4, 0.5) is 4.79 Å². The molecule has 25 heavy (non-hydrogen) atoms. The molecule has 2 atom stereocenters. The van der Waals surface area contributed by atoms with Gasteiger partial charge in [-0.25, -0.2) is 4.79 Å². The Morgan fingerprint density at radius 1 is 1.44 bits per heavy atom. The van der Waals surface area contributed by atoms with Gasteiger partial charge in [-0.05, 0) is 26.0 Å². The Morgan fingerprint density at radius 3 is 2.72 bits per heavy atom. The van der Waals surface area contributed by atoms with Gasteiger partial charge < -0.3 is 24.5 Å². The molecule has 0 bridgehead atoms. The smallest absolute Gasteiger partial charge is 0.491 e. The van der Waals surface area contributed by atoms with Crippen molar-refractivity contribution < 1.29 is 23.6 Å². The van der Waals surface area contributed by atoms with Gasteiger partial charge in [-0.2, -0.15) is 0 Å². The lowest BCUT2D eigenvalue weighted by molar-refractivity contribution is -0.0535. The summed E-state index contributed by atoms with van der Waals surface area (Å²) >= 11 is 3.60. The number of rotatable bonds is 2. The third-order valence-corrected chi connectivity index (χ3v) is 5.05. The number of hydrogen-bond acceptors (Lipinski definition) is 5. The molecular formula is C17H23BBrNO5. The van der Waals surface area contributed by atoms with E-state index in [1.54, 1.807) is 0 Å². The number of amides is 1. The van der Waals surface area contributed by atoms with E-state index < -0.39 is 31.0 Å². The number of primary amides is 1. The fourth-order valence-corrected chi connectivity index (χ4v) is 3.79. The average molecular weight is 412 g/mol. The fourth-order valence-electron chi connectivity index (χ4n) is 3.22. The molecule has 0 fully saturated rings. The highest BCUT2D eigenvalue weighted by molar-refractivity contribution is 9.10. The molecule has 1 amide bonds. The first-order valence-electron chi connectivity index (χ1n) is 8.24. The van der Waals surface area contributed by atoms with Crippen molar-refractivity contribution >= 4 is 34.6 Å². The van der Waals surface area contributed by atoms with E-state index in [0.29, 0.717) is 6.61 Å². The molecule has 0 aliphatic carbocycles. The summed E-state index contributed by atoms with van der Waals surface area (Å²) in [5, 5.41) is 0. The molecule has 8 heteroatoms. The number of hydrogen-bond donors (Lipinski definition) is 1. The van der Waals surface area contributed by atoms with E-state index in [0.717, 1.165) is 21.2 Å². The quantitative estimate of drug-likeness (QED) is 0.756. The van der Waals surface area contributed by atoms with E-state index in [4.69, 9.17) is 24.5 Å². The summed E-state index contributed by atoms with van der Waals surface area (Å²) < 4.78 is 24.6. The summed E-state index contributed by atoms with van der Waals surface area (Å²) in [4.78, 5) is 11.5. The summed E-state index contributed by atoms with van der Waals surface area (Å²) in [6.45, 7) is 10.2. The standard InChI is InChI=1S/C17H23BBrNO5/c1-16(2,3)14(23-15(20)21)13-11-9(19)6-7-10-12(11)18(24-13)25-17(4,5)8-22-10/h6-7,13-14H,8H2,1-5H3,(H2,20,21). The SMILES string of the molecule is CC1(C)COc2ccc(Br)c3c2B(OC3C(OC(N)=O)C(C)(C)C)O1. The van der Waals surface area contributed by atoms with Crippen LogP contribution in [0.25, 0.3) is 0 Å². The summed E-state index contributed by atoms with van der Waals surface area (Å²) in [5.74, 6) is 0.725. The Morgan fingerprint density at radius 2 is 2.12 bits per heavy atom. The number of benzene rings is 1. The number of ether oxygens (including phenoxy) is 2. The van der Waals surface area contributed by atoms with Crippen molar-refractivity contribution in [1.82, 2.24) is 0 Å². The fraction of sp³-hybridized carbons (Fsp3) is 0.588. The second-order valence-electron chi connectivity index (χ2n) is 8.15. The van der Waals surface area contributed by atoms with Crippen molar-refractivity contribution in [3.8, 4) is 5.75 Å². The van der Waals surface area contributed by atoms with Crippen LogP contribution in [-0.2, 0) is 14.0 Å². The lowest BCUT2D eigenvalue weighted by Gasteiger charge is -2.35. The van der Waals surface area contributed by atoms with Gasteiger partial charge in [-0.3, -0.25) is 0 Å². The molecule has 0 radical (unpaired) electrons. The van der Waals surface area contributed by atoms with Crippen LogP contribution < -0.4 is 15.9 Å². The Hall–Kier alpha value is -1.25. The Kier molecular flexibility index (Phi) is 4.58. The number of halogens is 1. The van der Waals surface area contributed by atoms with E-state index >= 15 is 0 Å². The molecule has 0 spiro atoms. The third-order valence-electron chi connectivity index (χ3n) is 4.36. The Bertz CT molecular complexity index is 703. The van der Waals surface area contributed by atoms with Gasteiger partial charge in [-0.15, -0.1) is 0 Å². The normalized spacial score (nSPS) is 22.6. The van der Waals surface area contributed by atoms with Crippen LogP contribution in [0.5, 0.6) is 5.75 Å². The van der Waals surface area contributed by atoms with Crippen LogP contribution in [0.3, 0.4) is 0 Å². The molecule has 0 saturated heterocycles. The molecular weight excluding hydrogens is 389 g/mol. The molecule has 6 nitrogen and oxygen atoms in total. The maximum Gasteiger partial charge on any atom is 0.499 e. The minimum absolute atomic E-state index is 0.387. The number of carbonyl (C=O) groups is 1. The van der Waals surface area contributed by atoms with Crippen molar-refractivity contribution in [3.63, 3.8) is 0 Å². The lowest BCUT2D eigenvalue weighted by atomic mass is 9.76. The molecule has 1 aromatic carbocycles. The lowest BCUT2D eigenvalue weighted by Crippen LogP contribution is -2.42. The molecule has 0 aromatic heterocycles. The highest BCUT2D eigenvalue weighted by atomic mass is 79.9. The van der Waals surface area contributed by atoms with Gasteiger partial charge in [0.25, 0.3) is 0 Å². The number of nitrogens with two attached hydrogens (primary N) is 1. The van der Waals surface area contributed by atoms with E-state index in [-0.39, 0.29) is 5.41 Å². The van der Waals surface area contributed by atoms with Gasteiger partial charge in [-0.1, -0.05) is 36.7 Å². The van der Waals surface area contributed by atoms with E-state index in [9.17, 15) is 4.79 Å². The Labute approximate surface area is 156 Å². The monoisotopic (exact) mass is 411 g/mol. The van der Waals surface area contributed by atoms with Crippen LogP contribution in [0.1, 0.15) is 46.3 Å². The second-order valence-corrected chi connectivity index (χ2v) is 9.01. The Balaban J connectivity index is 2.10. The van der Waals surface area contributed by atoms with E-state index in [2.05, 4.69) is 15.9 Å². The second kappa shape index (κ2) is 6.18. The van der Waals surface area contributed by atoms with E-state index in [1.165, 1.54) is 0 Å². The molecule has 2 heterocycles. The van der Waals surface area contributed by atoms with Gasteiger partial charge in [0.2, 0.25) is 0 Å². The van der Waals surface area contributed by atoms with E-state index in [1.807, 2.05) is 46.8 Å². The zero-order chi connectivity index (χ0) is 18.6. The van der Waals surface area contributed by atoms with Gasteiger partial charge in [0.05, 0.1) is 5.60 Å². The molecule has 2 aliphatic heterocycles. The summed E-state index contributed by atoms with van der Waals surface area (Å²) in [5.41, 5.74) is 6.13. The van der Waals surface area contributed by atoms with Crippen LogP contribution in [0, 0.1) is 5.41 Å². The first-order valence-corrected chi connectivity index (χ1v) is 9.03. The first kappa shape index (κ1) is 18.5. The van der Waals surface area contributed by atoms with Gasteiger partial charge >= 0.3 is 13.2 Å². The zero-order valence-corrected chi connectivity index (χ0v) is 16.7. The van der Waals surface area contributed by atoms with Gasteiger partial charge in [0.1, 0.15) is 24.6 Å². The highest BCUT2D eigenvalue weighted by Gasteiger charge is 2.51. The molecule has 2 N–H and O–H groups in total. The van der Waals surface area contributed by atoms with Gasteiger partial charge in [0.15, 0.2) is 0 Å². The predicted molar refractivity (Wildman–Crippen MR) is 97.9 cm³/mol. The van der Waals surface area contributed by atoms with Crippen molar-refractivity contribution in [2.75, 3.05) is 6.61 Å². The summed E-state index contributed by atoms with van der Waals surface area (Å²) in [7, 11) is -0.591. The minimum Gasteiger partial charge on any atom is -0.491 e. The van der Waals surface area contributed by atoms with Crippen LogP contribution in [0.2, 0.25) is 0 Å². The molecule has 3 rings (SSSR count). The predicted octanol–water partition coefficient (Wildman–Crippen LogP) is 2.91. The van der Waals surface area contributed by atoms with Crippen molar-refractivity contribution in [2.24, 2.45) is 11.1 Å². The van der Waals surface area contributed by atoms with Crippen molar-refractivity contribution in [1.29, 1.82) is 0 Å². The largest absolute Gasteiger partial charge is 0.499 e. The summed E-state index contributed by atoms with van der Waals surface area (Å²) in [6, 6.07) is 3.81. The topological polar surface area (TPSA) is 80.0 Å². The third kappa shape index (κ3) is 3.52. The molecule has 0 saturated carbocycles. The van der Waals surface area contributed by atoms with Crippen LogP contribution >= 0.6 is 15.9 Å². The van der Waals surface area contributed by atoms with Crippen molar-refractivity contribution in [2.45, 2.75) is 52.4 Å². The van der Waals surface area contributed by atoms with Crippen LogP contribution in [0.15, 0.2) is 16.6 Å². The molecule has 136 valence electrons. The molecule has 2 aliphatic rings. The maximum absolute atomic E-state index is 11.5.